The van der Waals surface area contributed by atoms with Crippen LogP contribution in [0.15, 0.2) is 0 Å². The van der Waals surface area contributed by atoms with E-state index in [9.17, 15) is 4.79 Å². The molecule has 1 unspecified atom stereocenters. The van der Waals surface area contributed by atoms with E-state index in [4.69, 9.17) is 10.8 Å². The Bertz CT molecular complexity index is 210. The van der Waals surface area contributed by atoms with Crippen molar-refractivity contribution in [2.24, 2.45) is 11.7 Å². The van der Waals surface area contributed by atoms with E-state index in [-0.39, 0.29) is 18.5 Å². The van der Waals surface area contributed by atoms with Crippen LogP contribution in [0.2, 0.25) is 0 Å². The molecule has 0 aromatic heterocycles. The standard InChI is InChI=1S/C9H16N2O2/c10-7-4-11(5-7)8(3-9(12)13)6-1-2-6/h6-8H,1-5,10H2,(H,12,13). The normalized spacial score (nSPS) is 26.8. The summed E-state index contributed by atoms with van der Waals surface area (Å²) in [5, 5.41) is 8.74. The van der Waals surface area contributed by atoms with Crippen molar-refractivity contribution in [2.75, 3.05) is 13.1 Å². The Labute approximate surface area is 77.7 Å². The molecule has 4 nitrogen and oxygen atoms in total. The van der Waals surface area contributed by atoms with Crippen molar-refractivity contribution in [1.82, 2.24) is 4.90 Å². The molecule has 2 aliphatic rings. The van der Waals surface area contributed by atoms with Crippen LogP contribution in [0.5, 0.6) is 0 Å². The molecule has 0 aromatic carbocycles. The number of carboxylic acid groups (broad SMARTS) is 1. The highest BCUT2D eigenvalue weighted by atomic mass is 16.4. The van der Waals surface area contributed by atoms with E-state index in [1.807, 2.05) is 0 Å². The molecule has 1 aliphatic carbocycles. The lowest BCUT2D eigenvalue weighted by molar-refractivity contribution is -0.139. The number of rotatable bonds is 4. The molecule has 4 heteroatoms. The van der Waals surface area contributed by atoms with Crippen molar-refractivity contribution < 1.29 is 9.90 Å². The van der Waals surface area contributed by atoms with Gasteiger partial charge < -0.3 is 10.8 Å². The number of hydrogen-bond donors (Lipinski definition) is 2. The van der Waals surface area contributed by atoms with Crippen LogP contribution < -0.4 is 5.73 Å². The highest BCUT2D eigenvalue weighted by molar-refractivity contribution is 5.67. The van der Waals surface area contributed by atoms with Crippen LogP contribution in [-0.4, -0.2) is 41.1 Å². The van der Waals surface area contributed by atoms with Crippen LogP contribution in [0.25, 0.3) is 0 Å². The van der Waals surface area contributed by atoms with Gasteiger partial charge in [-0.05, 0) is 18.8 Å². The quantitative estimate of drug-likeness (QED) is 0.639. The molecule has 1 saturated heterocycles. The molecule has 0 spiro atoms. The molecule has 1 heterocycles. The van der Waals surface area contributed by atoms with Crippen LogP contribution in [0, 0.1) is 5.92 Å². The Balaban J connectivity index is 1.86. The molecular weight excluding hydrogens is 168 g/mol. The number of likely N-dealkylation sites (tertiary alicyclic amines) is 1. The van der Waals surface area contributed by atoms with Crippen LogP contribution in [0.1, 0.15) is 19.3 Å². The Morgan fingerprint density at radius 2 is 2.15 bits per heavy atom. The molecule has 2 rings (SSSR count). The summed E-state index contributed by atoms with van der Waals surface area (Å²) in [6.45, 7) is 1.77. The van der Waals surface area contributed by atoms with Crippen LogP contribution in [0.4, 0.5) is 0 Å². The molecule has 74 valence electrons. The van der Waals surface area contributed by atoms with E-state index in [0.29, 0.717) is 5.92 Å². The van der Waals surface area contributed by atoms with Gasteiger partial charge in [0.2, 0.25) is 0 Å². The molecule has 0 radical (unpaired) electrons. The number of nitrogens with zero attached hydrogens (tertiary/aromatic N) is 1. The van der Waals surface area contributed by atoms with E-state index in [2.05, 4.69) is 4.90 Å². The minimum Gasteiger partial charge on any atom is -0.481 e. The molecule has 0 aromatic rings. The second kappa shape index (κ2) is 3.27. The van der Waals surface area contributed by atoms with Crippen molar-refractivity contribution in [3.8, 4) is 0 Å². The van der Waals surface area contributed by atoms with Crippen LogP contribution in [0.3, 0.4) is 0 Å². The molecule has 0 amide bonds. The van der Waals surface area contributed by atoms with Crippen molar-refractivity contribution in [3.05, 3.63) is 0 Å². The first-order valence-corrected chi connectivity index (χ1v) is 4.88. The predicted octanol–water partition coefficient (Wildman–Crippen LogP) is -0.117. The van der Waals surface area contributed by atoms with Crippen molar-refractivity contribution in [3.63, 3.8) is 0 Å². The third-order valence-corrected chi connectivity index (χ3v) is 2.96. The molecule has 13 heavy (non-hydrogen) atoms. The minimum atomic E-state index is -0.683. The number of carbonyl (C=O) groups is 1. The van der Waals surface area contributed by atoms with E-state index < -0.39 is 5.97 Å². The first kappa shape index (κ1) is 8.97. The largest absolute Gasteiger partial charge is 0.481 e. The van der Waals surface area contributed by atoms with Gasteiger partial charge in [0.1, 0.15) is 0 Å². The fourth-order valence-corrected chi connectivity index (χ4v) is 2.07. The van der Waals surface area contributed by atoms with Crippen molar-refractivity contribution in [1.29, 1.82) is 0 Å². The second-order valence-electron chi connectivity index (χ2n) is 4.22. The zero-order chi connectivity index (χ0) is 9.42. The van der Waals surface area contributed by atoms with Gasteiger partial charge in [0, 0.05) is 25.2 Å². The Hall–Kier alpha value is -0.610. The third kappa shape index (κ3) is 2.00. The summed E-state index contributed by atoms with van der Waals surface area (Å²) in [7, 11) is 0. The van der Waals surface area contributed by atoms with Crippen LogP contribution >= 0.6 is 0 Å². The zero-order valence-corrected chi connectivity index (χ0v) is 7.65. The minimum absolute atomic E-state index is 0.261. The molecule has 2 fully saturated rings. The average molecular weight is 184 g/mol. The second-order valence-corrected chi connectivity index (χ2v) is 4.22. The Kier molecular flexibility index (Phi) is 2.26. The smallest absolute Gasteiger partial charge is 0.304 e. The van der Waals surface area contributed by atoms with E-state index in [1.54, 1.807) is 0 Å². The van der Waals surface area contributed by atoms with E-state index >= 15 is 0 Å². The van der Waals surface area contributed by atoms with Gasteiger partial charge in [0.25, 0.3) is 0 Å². The topological polar surface area (TPSA) is 66.6 Å². The van der Waals surface area contributed by atoms with Crippen LogP contribution in [-0.2, 0) is 4.79 Å². The lowest BCUT2D eigenvalue weighted by Crippen LogP contribution is -2.60. The summed E-state index contributed by atoms with van der Waals surface area (Å²) < 4.78 is 0. The Morgan fingerprint density at radius 3 is 2.54 bits per heavy atom. The maximum atomic E-state index is 10.6. The number of nitrogens with two attached hydrogens (primary N) is 1. The van der Waals surface area contributed by atoms with Gasteiger partial charge in [-0.15, -0.1) is 0 Å². The summed E-state index contributed by atoms with van der Waals surface area (Å²) >= 11 is 0. The monoisotopic (exact) mass is 184 g/mol. The predicted molar refractivity (Wildman–Crippen MR) is 48.3 cm³/mol. The van der Waals surface area contributed by atoms with Gasteiger partial charge in [-0.25, -0.2) is 0 Å². The number of hydrogen-bond acceptors (Lipinski definition) is 3. The first-order valence-electron chi connectivity index (χ1n) is 4.88. The van der Waals surface area contributed by atoms with Gasteiger partial charge in [0.15, 0.2) is 0 Å². The molecule has 1 aliphatic heterocycles. The highest BCUT2D eigenvalue weighted by Gasteiger charge is 2.40. The fourth-order valence-electron chi connectivity index (χ4n) is 2.07. The van der Waals surface area contributed by atoms with E-state index in [0.717, 1.165) is 13.1 Å². The van der Waals surface area contributed by atoms with Gasteiger partial charge in [-0.1, -0.05) is 0 Å². The summed E-state index contributed by atoms with van der Waals surface area (Å²) in [4.78, 5) is 12.8. The molecule has 3 N–H and O–H groups in total. The molecule has 1 saturated carbocycles. The zero-order valence-electron chi connectivity index (χ0n) is 7.65. The maximum Gasteiger partial charge on any atom is 0.304 e. The van der Waals surface area contributed by atoms with Gasteiger partial charge in [0.05, 0.1) is 6.42 Å². The molecule has 0 bridgehead atoms. The SMILES string of the molecule is NC1CN(C(CC(=O)O)C2CC2)C1. The van der Waals surface area contributed by atoms with Crippen molar-refractivity contribution in [2.45, 2.75) is 31.3 Å². The highest BCUT2D eigenvalue weighted by Crippen LogP contribution is 2.38. The molecular formula is C9H16N2O2. The average Bonchev–Trinajstić information content (AvgIpc) is 2.76. The maximum absolute atomic E-state index is 10.6. The first-order chi connectivity index (χ1) is 6.16. The van der Waals surface area contributed by atoms with Crippen molar-refractivity contribution >= 4 is 5.97 Å². The van der Waals surface area contributed by atoms with Gasteiger partial charge in [-0.3, -0.25) is 9.69 Å². The summed E-state index contributed by atoms with van der Waals surface area (Å²) in [5.74, 6) is -0.0547. The summed E-state index contributed by atoms with van der Waals surface area (Å²) in [5.41, 5.74) is 5.67. The Morgan fingerprint density at radius 1 is 1.54 bits per heavy atom. The molecule has 1 atom stereocenters. The lowest BCUT2D eigenvalue weighted by atomic mass is 10.0. The lowest BCUT2D eigenvalue weighted by Gasteiger charge is -2.42. The number of carboxylic acids is 1. The fraction of sp³-hybridized carbons (Fsp3) is 0.889. The third-order valence-electron chi connectivity index (χ3n) is 2.96. The summed E-state index contributed by atoms with van der Waals surface area (Å²) in [6, 6.07) is 0.535. The number of aliphatic carboxylic acids is 1. The van der Waals surface area contributed by atoms with E-state index in [1.165, 1.54) is 12.8 Å². The summed E-state index contributed by atoms with van der Waals surface area (Å²) in [6.07, 6.45) is 2.69. The van der Waals surface area contributed by atoms with Gasteiger partial charge in [-0.2, -0.15) is 0 Å². The van der Waals surface area contributed by atoms with Gasteiger partial charge >= 0.3 is 5.97 Å².